The minimum Gasteiger partial charge on any atom is -0.442 e. The maximum absolute atomic E-state index is 11.6. The number of benzene rings is 1. The van der Waals surface area contributed by atoms with Crippen LogP contribution in [0.3, 0.4) is 0 Å². The molecule has 2 N–H and O–H groups in total. The second kappa shape index (κ2) is 5.79. The van der Waals surface area contributed by atoms with Crippen LogP contribution in [0, 0.1) is 0 Å². The van der Waals surface area contributed by atoms with E-state index < -0.39 is 0 Å². The zero-order valence-electron chi connectivity index (χ0n) is 10.4. The molecule has 1 aromatic carbocycles. The summed E-state index contributed by atoms with van der Waals surface area (Å²) in [7, 11) is 1.65. The summed E-state index contributed by atoms with van der Waals surface area (Å²) in [5, 5.41) is 5.82. The first-order valence-corrected chi connectivity index (χ1v) is 6.14. The minimum absolute atomic E-state index is 0.266. The van der Waals surface area contributed by atoms with Crippen LogP contribution >= 0.6 is 11.6 Å². The first-order valence-electron chi connectivity index (χ1n) is 5.77. The number of hydrogen-bond donors (Lipinski definition) is 2. The Bertz CT molecular complexity index is 495. The average molecular weight is 284 g/mol. The summed E-state index contributed by atoms with van der Waals surface area (Å²) in [5.74, 6) is 0. The topological polar surface area (TPSA) is 70.7 Å². The highest BCUT2D eigenvalue weighted by Gasteiger charge is 2.28. The molecule has 0 spiro atoms. The van der Waals surface area contributed by atoms with Gasteiger partial charge in [0.25, 0.3) is 0 Å². The highest BCUT2D eigenvalue weighted by Crippen LogP contribution is 2.14. The Morgan fingerprint density at radius 1 is 1.58 bits per heavy atom. The largest absolute Gasteiger partial charge is 0.442 e. The molecule has 1 atom stereocenters. The van der Waals surface area contributed by atoms with E-state index in [0.29, 0.717) is 17.3 Å². The smallest absolute Gasteiger partial charge is 0.410 e. The van der Waals surface area contributed by atoms with Crippen molar-refractivity contribution in [1.82, 2.24) is 10.2 Å². The summed E-state index contributed by atoms with van der Waals surface area (Å²) < 4.78 is 5.02. The van der Waals surface area contributed by atoms with Gasteiger partial charge in [0.05, 0.1) is 13.1 Å². The lowest BCUT2D eigenvalue weighted by Crippen LogP contribution is -2.36. The van der Waals surface area contributed by atoms with Crippen LogP contribution in [0.2, 0.25) is 5.02 Å². The molecule has 102 valence electrons. The standard InChI is InChI=1S/C12H14ClN3O3/c1-16-7-10(19-12(16)18)6-14-11(17)15-9-4-2-3-8(13)5-9/h2-5,10H,6-7H2,1H3,(H2,14,15,17). The van der Waals surface area contributed by atoms with Crippen LogP contribution in [0.25, 0.3) is 0 Å². The van der Waals surface area contributed by atoms with Gasteiger partial charge in [0.2, 0.25) is 0 Å². The van der Waals surface area contributed by atoms with Gasteiger partial charge in [0.15, 0.2) is 0 Å². The molecule has 2 rings (SSSR count). The van der Waals surface area contributed by atoms with Crippen LogP contribution in [-0.2, 0) is 4.74 Å². The van der Waals surface area contributed by atoms with E-state index in [0.717, 1.165) is 0 Å². The van der Waals surface area contributed by atoms with Crippen molar-refractivity contribution in [1.29, 1.82) is 0 Å². The van der Waals surface area contributed by atoms with Crippen molar-refractivity contribution in [2.24, 2.45) is 0 Å². The van der Waals surface area contributed by atoms with E-state index >= 15 is 0 Å². The number of carbonyl (C=O) groups excluding carboxylic acids is 2. The Labute approximate surface area is 115 Å². The maximum atomic E-state index is 11.6. The Kier molecular flexibility index (Phi) is 4.11. The summed E-state index contributed by atoms with van der Waals surface area (Å²) in [5.41, 5.74) is 0.602. The van der Waals surface area contributed by atoms with Crippen molar-refractivity contribution >= 4 is 29.4 Å². The molecule has 1 unspecified atom stereocenters. The Morgan fingerprint density at radius 3 is 3.00 bits per heavy atom. The maximum Gasteiger partial charge on any atom is 0.410 e. The number of carbonyl (C=O) groups is 2. The Balaban J connectivity index is 1.78. The molecule has 1 fully saturated rings. The molecular weight excluding hydrogens is 270 g/mol. The first-order chi connectivity index (χ1) is 9.04. The van der Waals surface area contributed by atoms with Crippen molar-refractivity contribution in [2.75, 3.05) is 25.5 Å². The number of hydrogen-bond acceptors (Lipinski definition) is 3. The zero-order valence-corrected chi connectivity index (χ0v) is 11.1. The van der Waals surface area contributed by atoms with E-state index in [2.05, 4.69) is 10.6 Å². The van der Waals surface area contributed by atoms with Gasteiger partial charge in [-0.3, -0.25) is 0 Å². The van der Waals surface area contributed by atoms with Crippen LogP contribution in [0.4, 0.5) is 15.3 Å². The van der Waals surface area contributed by atoms with Crippen LogP contribution < -0.4 is 10.6 Å². The number of halogens is 1. The predicted molar refractivity (Wildman–Crippen MR) is 71.4 cm³/mol. The fourth-order valence-corrected chi connectivity index (χ4v) is 1.89. The van der Waals surface area contributed by atoms with E-state index in [1.165, 1.54) is 4.90 Å². The number of cyclic esters (lactones) is 1. The monoisotopic (exact) mass is 283 g/mol. The quantitative estimate of drug-likeness (QED) is 0.890. The number of nitrogens with zero attached hydrogens (tertiary/aromatic N) is 1. The second-order valence-corrected chi connectivity index (χ2v) is 4.67. The number of anilines is 1. The molecule has 6 nitrogen and oxygen atoms in total. The van der Waals surface area contributed by atoms with E-state index in [4.69, 9.17) is 16.3 Å². The molecule has 0 saturated carbocycles. The minimum atomic E-state index is -0.373. The average Bonchev–Trinajstić information content (AvgIpc) is 2.66. The van der Waals surface area contributed by atoms with Gasteiger partial charge >= 0.3 is 12.1 Å². The van der Waals surface area contributed by atoms with Crippen LogP contribution in [0.15, 0.2) is 24.3 Å². The van der Waals surface area contributed by atoms with E-state index in [9.17, 15) is 9.59 Å². The van der Waals surface area contributed by atoms with E-state index in [-0.39, 0.29) is 24.8 Å². The highest BCUT2D eigenvalue weighted by atomic mass is 35.5. The molecule has 1 heterocycles. The first kappa shape index (κ1) is 13.5. The Hall–Kier alpha value is -1.95. The lowest BCUT2D eigenvalue weighted by molar-refractivity contribution is 0.134. The molecule has 19 heavy (non-hydrogen) atoms. The van der Waals surface area contributed by atoms with Gasteiger partial charge in [-0.05, 0) is 18.2 Å². The molecule has 1 saturated heterocycles. The van der Waals surface area contributed by atoms with E-state index in [1.54, 1.807) is 31.3 Å². The van der Waals surface area contributed by atoms with Crippen molar-refractivity contribution in [3.05, 3.63) is 29.3 Å². The van der Waals surface area contributed by atoms with Gasteiger partial charge in [-0.15, -0.1) is 0 Å². The third-order valence-corrected chi connectivity index (χ3v) is 2.86. The normalized spacial score (nSPS) is 18.1. The van der Waals surface area contributed by atoms with Gasteiger partial charge in [-0.25, -0.2) is 9.59 Å². The SMILES string of the molecule is CN1CC(CNC(=O)Nc2cccc(Cl)c2)OC1=O. The fraction of sp³-hybridized carbons (Fsp3) is 0.333. The van der Waals surface area contributed by atoms with Crippen LogP contribution in [0.1, 0.15) is 0 Å². The molecular formula is C12H14ClN3O3. The lowest BCUT2D eigenvalue weighted by atomic mass is 10.3. The molecule has 1 aromatic rings. The molecule has 0 radical (unpaired) electrons. The summed E-state index contributed by atoms with van der Waals surface area (Å²) in [6.07, 6.45) is -0.690. The third-order valence-electron chi connectivity index (χ3n) is 2.63. The van der Waals surface area contributed by atoms with Crippen molar-refractivity contribution in [3.63, 3.8) is 0 Å². The zero-order chi connectivity index (χ0) is 13.8. The van der Waals surface area contributed by atoms with Crippen molar-refractivity contribution in [3.8, 4) is 0 Å². The number of amides is 3. The highest BCUT2D eigenvalue weighted by molar-refractivity contribution is 6.30. The molecule has 1 aliphatic rings. The molecule has 3 amide bonds. The molecule has 7 heteroatoms. The second-order valence-electron chi connectivity index (χ2n) is 4.23. The lowest BCUT2D eigenvalue weighted by Gasteiger charge is -2.11. The van der Waals surface area contributed by atoms with Crippen LogP contribution in [0.5, 0.6) is 0 Å². The fourth-order valence-electron chi connectivity index (χ4n) is 1.70. The van der Waals surface area contributed by atoms with Crippen molar-refractivity contribution < 1.29 is 14.3 Å². The molecule has 1 aliphatic heterocycles. The molecule has 0 bridgehead atoms. The van der Waals surface area contributed by atoms with Gasteiger partial charge in [-0.1, -0.05) is 17.7 Å². The number of urea groups is 1. The molecule has 0 aromatic heterocycles. The number of likely N-dealkylation sites (N-methyl/N-ethyl adjacent to an activating group) is 1. The van der Waals surface area contributed by atoms with Gasteiger partial charge in [0, 0.05) is 17.8 Å². The summed E-state index contributed by atoms with van der Waals surface area (Å²) in [6, 6.07) is 6.47. The van der Waals surface area contributed by atoms with Gasteiger partial charge < -0.3 is 20.3 Å². The van der Waals surface area contributed by atoms with Gasteiger partial charge in [-0.2, -0.15) is 0 Å². The summed E-state index contributed by atoms with van der Waals surface area (Å²) in [4.78, 5) is 24.2. The predicted octanol–water partition coefficient (Wildman–Crippen LogP) is 1.91. The number of nitrogens with one attached hydrogen (secondary N) is 2. The number of ether oxygens (including phenoxy) is 1. The van der Waals surface area contributed by atoms with Crippen LogP contribution in [-0.4, -0.2) is 43.3 Å². The number of rotatable bonds is 3. The molecule has 0 aliphatic carbocycles. The van der Waals surface area contributed by atoms with Gasteiger partial charge in [0.1, 0.15) is 6.10 Å². The Morgan fingerprint density at radius 2 is 2.37 bits per heavy atom. The third kappa shape index (κ3) is 3.75. The van der Waals surface area contributed by atoms with E-state index in [1.807, 2.05) is 0 Å². The summed E-state index contributed by atoms with van der Waals surface area (Å²) in [6.45, 7) is 0.735. The summed E-state index contributed by atoms with van der Waals surface area (Å²) >= 11 is 5.81. The van der Waals surface area contributed by atoms with Crippen molar-refractivity contribution in [2.45, 2.75) is 6.10 Å².